The predicted octanol–water partition coefficient (Wildman–Crippen LogP) is 2.85. The third-order valence-electron chi connectivity index (χ3n) is 3.11. The number of hydrogen-bond donors (Lipinski definition) is 1. The van der Waals surface area contributed by atoms with Crippen molar-refractivity contribution in [3.8, 4) is 5.75 Å². The number of carbonyl (C=O) groups is 1. The van der Waals surface area contributed by atoms with Crippen LogP contribution in [0.25, 0.3) is 0 Å². The molecule has 1 fully saturated rings. The van der Waals surface area contributed by atoms with Gasteiger partial charge in [-0.05, 0) is 30.5 Å². The van der Waals surface area contributed by atoms with Crippen LogP contribution in [0.5, 0.6) is 5.75 Å². The van der Waals surface area contributed by atoms with Crippen LogP contribution in [0.15, 0.2) is 18.2 Å². The molecule has 4 heteroatoms. The maximum absolute atomic E-state index is 10.8. The highest BCUT2D eigenvalue weighted by Crippen LogP contribution is 2.52. The Morgan fingerprint density at radius 1 is 1.56 bits per heavy atom. The number of carboxylic acid groups (broad SMARTS) is 1. The Labute approximate surface area is 99.0 Å². The molecule has 0 aliphatic heterocycles. The Morgan fingerprint density at radius 3 is 2.75 bits per heavy atom. The van der Waals surface area contributed by atoms with Crippen molar-refractivity contribution in [2.24, 2.45) is 0 Å². The topological polar surface area (TPSA) is 46.5 Å². The first-order valence-corrected chi connectivity index (χ1v) is 5.51. The van der Waals surface area contributed by atoms with E-state index in [0.29, 0.717) is 10.8 Å². The molecule has 16 heavy (non-hydrogen) atoms. The Morgan fingerprint density at radius 2 is 2.25 bits per heavy atom. The van der Waals surface area contributed by atoms with Gasteiger partial charge >= 0.3 is 5.97 Å². The minimum atomic E-state index is -0.758. The largest absolute Gasteiger partial charge is 0.495 e. The lowest BCUT2D eigenvalue weighted by molar-refractivity contribution is -0.137. The van der Waals surface area contributed by atoms with Gasteiger partial charge in [0.15, 0.2) is 0 Å². The van der Waals surface area contributed by atoms with Crippen LogP contribution in [0.4, 0.5) is 0 Å². The Balaban J connectivity index is 2.30. The van der Waals surface area contributed by atoms with Crippen LogP contribution in [-0.4, -0.2) is 18.2 Å². The van der Waals surface area contributed by atoms with Crippen molar-refractivity contribution in [3.63, 3.8) is 0 Å². The fraction of sp³-hybridized carbons (Fsp3) is 0.417. The summed E-state index contributed by atoms with van der Waals surface area (Å²) in [6.45, 7) is 0. The fourth-order valence-electron chi connectivity index (χ4n) is 2.00. The van der Waals surface area contributed by atoms with E-state index >= 15 is 0 Å². The summed E-state index contributed by atoms with van der Waals surface area (Å²) in [7, 11) is 1.56. The van der Waals surface area contributed by atoms with Crippen LogP contribution in [0.1, 0.15) is 24.8 Å². The first-order valence-electron chi connectivity index (χ1n) is 5.13. The van der Waals surface area contributed by atoms with Crippen molar-refractivity contribution in [1.82, 2.24) is 0 Å². The van der Waals surface area contributed by atoms with Gasteiger partial charge in [0.25, 0.3) is 0 Å². The Hall–Kier alpha value is -1.22. The van der Waals surface area contributed by atoms with Crippen molar-refractivity contribution in [2.45, 2.75) is 24.7 Å². The van der Waals surface area contributed by atoms with E-state index in [1.807, 2.05) is 12.1 Å². The van der Waals surface area contributed by atoms with Gasteiger partial charge in [-0.1, -0.05) is 17.7 Å². The molecule has 0 spiro atoms. The minimum Gasteiger partial charge on any atom is -0.495 e. The molecule has 0 radical (unpaired) electrons. The molecule has 0 bridgehead atoms. The lowest BCUT2D eigenvalue weighted by Gasteiger charge is -2.14. The normalized spacial score (nSPS) is 16.9. The molecule has 86 valence electrons. The summed E-state index contributed by atoms with van der Waals surface area (Å²) in [4.78, 5) is 10.8. The number of halogens is 1. The quantitative estimate of drug-likeness (QED) is 0.880. The second-order valence-corrected chi connectivity index (χ2v) is 4.61. The highest BCUT2D eigenvalue weighted by molar-refractivity contribution is 6.32. The summed E-state index contributed by atoms with van der Waals surface area (Å²) in [5.41, 5.74) is 0.820. The van der Waals surface area contributed by atoms with E-state index in [-0.39, 0.29) is 11.8 Å². The van der Waals surface area contributed by atoms with E-state index in [2.05, 4.69) is 0 Å². The predicted molar refractivity (Wildman–Crippen MR) is 61.2 cm³/mol. The SMILES string of the molecule is COc1cc(C2(CC(=O)O)CC2)ccc1Cl. The number of benzene rings is 1. The second-order valence-electron chi connectivity index (χ2n) is 4.20. The second kappa shape index (κ2) is 3.98. The van der Waals surface area contributed by atoms with E-state index in [9.17, 15) is 4.79 Å². The van der Waals surface area contributed by atoms with Crippen molar-refractivity contribution >= 4 is 17.6 Å². The van der Waals surface area contributed by atoms with E-state index < -0.39 is 5.97 Å². The van der Waals surface area contributed by atoms with Crippen LogP contribution in [0.3, 0.4) is 0 Å². The van der Waals surface area contributed by atoms with Crippen molar-refractivity contribution < 1.29 is 14.6 Å². The van der Waals surface area contributed by atoms with Gasteiger partial charge in [0.1, 0.15) is 5.75 Å². The number of hydrogen-bond acceptors (Lipinski definition) is 2. The molecule has 1 saturated carbocycles. The molecule has 0 unspecified atom stereocenters. The molecule has 1 N–H and O–H groups in total. The lowest BCUT2D eigenvalue weighted by atomic mass is 9.92. The number of ether oxygens (including phenoxy) is 1. The fourth-order valence-corrected chi connectivity index (χ4v) is 2.19. The van der Waals surface area contributed by atoms with Gasteiger partial charge in [0.2, 0.25) is 0 Å². The standard InChI is InChI=1S/C12H13ClO3/c1-16-10-6-8(2-3-9(10)13)12(4-5-12)7-11(14)15/h2-3,6H,4-5,7H2,1H3,(H,14,15). The molecule has 0 saturated heterocycles. The molecule has 1 aromatic carbocycles. The first kappa shape index (κ1) is 11.3. The number of carboxylic acids is 1. The van der Waals surface area contributed by atoms with Crippen LogP contribution in [0.2, 0.25) is 5.02 Å². The van der Waals surface area contributed by atoms with E-state index in [4.69, 9.17) is 21.4 Å². The molecule has 2 rings (SSSR count). The minimum absolute atomic E-state index is 0.178. The van der Waals surface area contributed by atoms with Crippen LogP contribution < -0.4 is 4.74 Å². The molecule has 0 amide bonds. The number of aliphatic carboxylic acids is 1. The van der Waals surface area contributed by atoms with Gasteiger partial charge in [-0.2, -0.15) is 0 Å². The molecular weight excluding hydrogens is 228 g/mol. The highest BCUT2D eigenvalue weighted by atomic mass is 35.5. The maximum atomic E-state index is 10.8. The van der Waals surface area contributed by atoms with Crippen LogP contribution in [-0.2, 0) is 10.2 Å². The highest BCUT2D eigenvalue weighted by Gasteiger charge is 2.46. The van der Waals surface area contributed by atoms with Crippen LogP contribution in [0, 0.1) is 0 Å². The van der Waals surface area contributed by atoms with E-state index in [0.717, 1.165) is 18.4 Å². The van der Waals surface area contributed by atoms with Gasteiger partial charge in [-0.15, -0.1) is 0 Å². The van der Waals surface area contributed by atoms with Gasteiger partial charge < -0.3 is 9.84 Å². The molecular formula is C12H13ClO3. The summed E-state index contributed by atoms with van der Waals surface area (Å²) >= 11 is 5.93. The zero-order valence-electron chi connectivity index (χ0n) is 9.00. The summed E-state index contributed by atoms with van der Waals surface area (Å²) in [6.07, 6.45) is 2.02. The van der Waals surface area contributed by atoms with E-state index in [1.54, 1.807) is 13.2 Å². The zero-order chi connectivity index (χ0) is 11.8. The first-order chi connectivity index (χ1) is 7.57. The van der Waals surface area contributed by atoms with Crippen molar-refractivity contribution in [1.29, 1.82) is 0 Å². The third-order valence-corrected chi connectivity index (χ3v) is 3.42. The van der Waals surface area contributed by atoms with Gasteiger partial charge in [-0.3, -0.25) is 4.79 Å². The summed E-state index contributed by atoms with van der Waals surface area (Å²) < 4.78 is 5.13. The number of rotatable bonds is 4. The summed E-state index contributed by atoms with van der Waals surface area (Å²) in [5, 5.41) is 9.43. The summed E-state index contributed by atoms with van der Waals surface area (Å²) in [6, 6.07) is 5.50. The molecule has 0 aromatic heterocycles. The van der Waals surface area contributed by atoms with E-state index in [1.165, 1.54) is 0 Å². The smallest absolute Gasteiger partial charge is 0.304 e. The zero-order valence-corrected chi connectivity index (χ0v) is 9.75. The monoisotopic (exact) mass is 240 g/mol. The Bertz CT molecular complexity index is 424. The molecule has 1 aliphatic carbocycles. The summed E-state index contributed by atoms with van der Waals surface area (Å²) in [5.74, 6) is -0.151. The molecule has 3 nitrogen and oxygen atoms in total. The molecule has 1 aliphatic rings. The molecule has 1 aromatic rings. The number of methoxy groups -OCH3 is 1. The maximum Gasteiger partial charge on any atom is 0.304 e. The lowest BCUT2D eigenvalue weighted by Crippen LogP contribution is -2.12. The van der Waals surface area contributed by atoms with Gasteiger partial charge in [-0.25, -0.2) is 0 Å². The van der Waals surface area contributed by atoms with Crippen molar-refractivity contribution in [2.75, 3.05) is 7.11 Å². The Kier molecular flexibility index (Phi) is 2.80. The van der Waals surface area contributed by atoms with Crippen molar-refractivity contribution in [3.05, 3.63) is 28.8 Å². The molecule has 0 heterocycles. The average Bonchev–Trinajstić information content (AvgIpc) is 2.98. The van der Waals surface area contributed by atoms with Gasteiger partial charge in [0, 0.05) is 5.41 Å². The average molecular weight is 241 g/mol. The van der Waals surface area contributed by atoms with Gasteiger partial charge in [0.05, 0.1) is 18.6 Å². The third kappa shape index (κ3) is 2.00. The van der Waals surface area contributed by atoms with Crippen LogP contribution >= 0.6 is 11.6 Å². The molecule has 0 atom stereocenters.